The van der Waals surface area contributed by atoms with E-state index in [1.807, 2.05) is 56.3 Å². The van der Waals surface area contributed by atoms with Gasteiger partial charge < -0.3 is 20.9 Å². The van der Waals surface area contributed by atoms with Crippen LogP contribution in [-0.4, -0.2) is 35.9 Å². The molecule has 0 spiro atoms. The molecule has 1 heterocycles. The van der Waals surface area contributed by atoms with E-state index in [4.69, 9.17) is 10.5 Å². The molecule has 33 heavy (non-hydrogen) atoms. The minimum atomic E-state index is -0.843. The fourth-order valence-electron chi connectivity index (χ4n) is 4.52. The molecule has 1 aliphatic rings. The zero-order valence-electron chi connectivity index (χ0n) is 19.7. The third-order valence-corrected chi connectivity index (χ3v) is 6.41. The molecule has 2 aromatic rings. The van der Waals surface area contributed by atoms with E-state index in [-0.39, 0.29) is 24.5 Å². The summed E-state index contributed by atoms with van der Waals surface area (Å²) >= 11 is 0. The third kappa shape index (κ3) is 6.05. The molecule has 178 valence electrons. The number of aryl methyl sites for hydroxylation is 1. The summed E-state index contributed by atoms with van der Waals surface area (Å²) in [5.74, 6) is -1.00. The van der Waals surface area contributed by atoms with Crippen LogP contribution in [0.15, 0.2) is 42.5 Å². The van der Waals surface area contributed by atoms with Gasteiger partial charge >= 0.3 is 12.0 Å². The van der Waals surface area contributed by atoms with Gasteiger partial charge in [-0.1, -0.05) is 38.1 Å². The van der Waals surface area contributed by atoms with Crippen LogP contribution in [0.4, 0.5) is 21.9 Å². The number of aliphatic carboxylic acids is 1. The first-order chi connectivity index (χ1) is 15.8. The van der Waals surface area contributed by atoms with E-state index >= 15 is 0 Å². The summed E-state index contributed by atoms with van der Waals surface area (Å²) in [5.41, 5.74) is 9.83. The van der Waals surface area contributed by atoms with Gasteiger partial charge in [0.1, 0.15) is 0 Å². The fraction of sp³-hybridized carbons (Fsp3) is 0.462. The molecule has 1 saturated heterocycles. The van der Waals surface area contributed by atoms with Gasteiger partial charge in [0.25, 0.3) is 0 Å². The van der Waals surface area contributed by atoms with Crippen molar-refractivity contribution in [1.29, 1.82) is 0 Å². The normalized spacial score (nSPS) is 19.0. The Kier molecular flexibility index (Phi) is 8.33. The van der Waals surface area contributed by atoms with Crippen molar-refractivity contribution in [2.24, 2.45) is 5.73 Å². The van der Waals surface area contributed by atoms with Crippen molar-refractivity contribution < 1.29 is 19.4 Å². The second-order valence-corrected chi connectivity index (χ2v) is 8.71. The lowest BCUT2D eigenvalue weighted by molar-refractivity contribution is -0.137. The number of ether oxygens (including phenoxy) is 1. The molecule has 3 rings (SSSR count). The second-order valence-electron chi connectivity index (χ2n) is 8.71. The highest BCUT2D eigenvalue weighted by molar-refractivity contribution is 6.02. The molecule has 0 radical (unpaired) electrons. The number of para-hydroxylation sites is 1. The minimum absolute atomic E-state index is 0.0296. The van der Waals surface area contributed by atoms with Crippen LogP contribution in [0.25, 0.3) is 0 Å². The molecule has 0 aliphatic carbocycles. The molecule has 3 unspecified atom stereocenters. The van der Waals surface area contributed by atoms with E-state index in [2.05, 4.69) is 12.2 Å². The molecule has 2 amide bonds. The quantitative estimate of drug-likeness (QED) is 0.462. The molecule has 0 aromatic heterocycles. The first-order valence-corrected chi connectivity index (χ1v) is 11.7. The number of carbonyl (C=O) groups excluding carboxylic acids is 1. The zero-order valence-corrected chi connectivity index (χ0v) is 19.7. The van der Waals surface area contributed by atoms with Crippen molar-refractivity contribution in [3.63, 3.8) is 0 Å². The maximum atomic E-state index is 12.7. The molecule has 1 aliphatic heterocycles. The van der Waals surface area contributed by atoms with Crippen LogP contribution >= 0.6 is 0 Å². The number of rotatable bonds is 9. The van der Waals surface area contributed by atoms with E-state index in [1.54, 1.807) is 0 Å². The van der Waals surface area contributed by atoms with Crippen molar-refractivity contribution in [2.75, 3.05) is 16.8 Å². The number of hydrogen-bond acceptors (Lipinski definition) is 4. The summed E-state index contributed by atoms with van der Waals surface area (Å²) in [6.45, 7) is 6.72. The van der Waals surface area contributed by atoms with Gasteiger partial charge in [0.2, 0.25) is 0 Å². The monoisotopic (exact) mass is 453 g/mol. The van der Waals surface area contributed by atoms with Crippen LogP contribution in [0.3, 0.4) is 0 Å². The molecule has 0 bridgehead atoms. The maximum Gasteiger partial charge on any atom is 0.323 e. The van der Waals surface area contributed by atoms with Gasteiger partial charge in [0.05, 0.1) is 29.6 Å². The average Bonchev–Trinajstić information content (AvgIpc) is 2.79. The first kappa shape index (κ1) is 24.6. The van der Waals surface area contributed by atoms with Crippen molar-refractivity contribution in [3.05, 3.63) is 53.6 Å². The van der Waals surface area contributed by atoms with Gasteiger partial charge in [-0.25, -0.2) is 4.79 Å². The summed E-state index contributed by atoms with van der Waals surface area (Å²) < 4.78 is 5.82. The second kappa shape index (κ2) is 11.2. The largest absolute Gasteiger partial charge is 0.481 e. The lowest BCUT2D eigenvalue weighted by Crippen LogP contribution is -2.36. The van der Waals surface area contributed by atoms with Crippen LogP contribution in [0, 0.1) is 6.92 Å². The van der Waals surface area contributed by atoms with E-state index < -0.39 is 12.0 Å². The number of carboxylic acids is 1. The van der Waals surface area contributed by atoms with E-state index in [0.717, 1.165) is 36.1 Å². The molecule has 0 saturated carbocycles. The number of nitrogens with zero attached hydrogens (tertiary/aromatic N) is 1. The molecular formula is C26H35N3O4. The number of nitrogens with two attached hydrogens (primary N) is 1. The van der Waals surface area contributed by atoms with Gasteiger partial charge in [0, 0.05) is 12.6 Å². The van der Waals surface area contributed by atoms with Crippen molar-refractivity contribution in [1.82, 2.24) is 0 Å². The first-order valence-electron chi connectivity index (χ1n) is 11.7. The summed E-state index contributed by atoms with van der Waals surface area (Å²) in [4.78, 5) is 25.7. The molecule has 2 aromatic carbocycles. The molecule has 3 atom stereocenters. The molecule has 7 heteroatoms. The average molecular weight is 454 g/mol. The molecule has 4 N–H and O–H groups in total. The number of nitrogens with one attached hydrogen (secondary N) is 1. The van der Waals surface area contributed by atoms with Crippen LogP contribution in [0.5, 0.6) is 0 Å². The van der Waals surface area contributed by atoms with E-state index in [1.165, 1.54) is 4.90 Å². The van der Waals surface area contributed by atoms with Gasteiger partial charge in [-0.05, 0) is 67.9 Å². The Morgan fingerprint density at radius 3 is 2.61 bits per heavy atom. The SMILES string of the molecule is CCC1CC(Nc2ccc(C(CC)CC(=O)O)cc2N(C(N)=O)c2ccccc2C)CCO1. The fourth-order valence-corrected chi connectivity index (χ4v) is 4.52. The number of urea groups is 1. The number of primary amides is 1. The minimum Gasteiger partial charge on any atom is -0.481 e. The number of anilines is 3. The molecular weight excluding hydrogens is 418 g/mol. The predicted molar refractivity (Wildman–Crippen MR) is 131 cm³/mol. The topological polar surface area (TPSA) is 105 Å². The van der Waals surface area contributed by atoms with Gasteiger partial charge in [0.15, 0.2) is 0 Å². The van der Waals surface area contributed by atoms with Gasteiger partial charge in [-0.3, -0.25) is 9.69 Å². The zero-order chi connectivity index (χ0) is 24.0. The molecule has 1 fully saturated rings. The Bertz CT molecular complexity index is 978. The van der Waals surface area contributed by atoms with E-state index in [0.29, 0.717) is 24.4 Å². The lowest BCUT2D eigenvalue weighted by Gasteiger charge is -2.33. The molecule has 7 nitrogen and oxygen atoms in total. The highest BCUT2D eigenvalue weighted by Crippen LogP contribution is 2.38. The van der Waals surface area contributed by atoms with Crippen molar-refractivity contribution in [3.8, 4) is 0 Å². The summed E-state index contributed by atoms with van der Waals surface area (Å²) in [5, 5.41) is 13.0. The number of hydrogen-bond donors (Lipinski definition) is 3. The number of carboxylic acid groups (broad SMARTS) is 1. The predicted octanol–water partition coefficient (Wildman–Crippen LogP) is 5.55. The van der Waals surface area contributed by atoms with Crippen molar-refractivity contribution in [2.45, 2.75) is 70.9 Å². The number of amides is 2. The highest BCUT2D eigenvalue weighted by Gasteiger charge is 2.26. The number of benzene rings is 2. The Balaban J connectivity index is 2.07. The summed E-state index contributed by atoms with van der Waals surface area (Å²) in [7, 11) is 0. The lowest BCUT2D eigenvalue weighted by atomic mass is 9.92. The highest BCUT2D eigenvalue weighted by atomic mass is 16.5. The smallest absolute Gasteiger partial charge is 0.323 e. The van der Waals surface area contributed by atoms with Crippen molar-refractivity contribution >= 4 is 29.1 Å². The van der Waals surface area contributed by atoms with Gasteiger partial charge in [-0.15, -0.1) is 0 Å². The Hall–Kier alpha value is -3.06. The standard InChI is InChI=1S/C26H35N3O4/c1-4-18(15-25(30)31)19-10-11-22(28-20-12-13-33-21(5-2)16-20)24(14-19)29(26(27)32)23-9-7-6-8-17(23)3/h6-11,14,18,20-21,28H,4-5,12-13,15-16H2,1-3H3,(H2,27,32)(H,30,31). The van der Waals surface area contributed by atoms with Gasteiger partial charge in [-0.2, -0.15) is 0 Å². The Morgan fingerprint density at radius 1 is 1.21 bits per heavy atom. The van der Waals surface area contributed by atoms with Crippen LogP contribution in [-0.2, 0) is 9.53 Å². The Labute approximate surface area is 195 Å². The summed E-state index contributed by atoms with van der Waals surface area (Å²) in [6.07, 6.45) is 3.63. The number of carbonyl (C=O) groups is 2. The van der Waals surface area contributed by atoms with Crippen LogP contribution in [0.1, 0.15) is 63.0 Å². The third-order valence-electron chi connectivity index (χ3n) is 6.41. The van der Waals surface area contributed by atoms with Crippen LogP contribution in [0.2, 0.25) is 0 Å². The maximum absolute atomic E-state index is 12.7. The van der Waals surface area contributed by atoms with Crippen LogP contribution < -0.4 is 16.0 Å². The Morgan fingerprint density at radius 2 is 1.97 bits per heavy atom. The van der Waals surface area contributed by atoms with E-state index in [9.17, 15) is 14.7 Å². The summed E-state index contributed by atoms with van der Waals surface area (Å²) in [6, 6.07) is 13.0.